The first-order valence-corrected chi connectivity index (χ1v) is 29.9. The van der Waals surface area contributed by atoms with Gasteiger partial charge in [-0.3, -0.25) is 0 Å². The molecule has 0 nitrogen and oxygen atoms in total. The van der Waals surface area contributed by atoms with Gasteiger partial charge in [-0.1, -0.05) is 0 Å². The Labute approximate surface area is 269 Å². The Morgan fingerprint density at radius 2 is 0.762 bits per heavy atom. The second-order valence-electron chi connectivity index (χ2n) is 11.7. The maximum atomic E-state index is 2.57. The molecule has 0 aromatic heterocycles. The van der Waals surface area contributed by atoms with Crippen LogP contribution in [-0.4, -0.2) is 12.1 Å². The van der Waals surface area contributed by atoms with E-state index in [1.165, 1.54) is 45.6 Å². The zero-order valence-electron chi connectivity index (χ0n) is 24.9. The molecule has 42 heavy (non-hydrogen) atoms. The van der Waals surface area contributed by atoms with Gasteiger partial charge in [0.15, 0.2) is 0 Å². The topological polar surface area (TPSA) is 0 Å². The molecular formula is C38H40Cl2GeZr. The monoisotopic (exact) mass is 730 g/mol. The molecule has 4 aromatic carbocycles. The molecule has 214 valence electrons. The van der Waals surface area contributed by atoms with Crippen molar-refractivity contribution in [2.24, 2.45) is 11.8 Å². The summed E-state index contributed by atoms with van der Waals surface area (Å²) < 4.78 is 6.65. The van der Waals surface area contributed by atoms with Crippen molar-refractivity contribution in [2.45, 2.75) is 27.7 Å². The van der Waals surface area contributed by atoms with E-state index in [4.69, 9.17) is 0 Å². The third kappa shape index (κ3) is 4.95. The van der Waals surface area contributed by atoms with Crippen molar-refractivity contribution < 1.29 is 15.7 Å². The predicted molar refractivity (Wildman–Crippen MR) is 188 cm³/mol. The molecule has 0 N–H and O–H groups in total. The van der Waals surface area contributed by atoms with Crippen molar-refractivity contribution in [2.75, 3.05) is 0 Å². The summed E-state index contributed by atoms with van der Waals surface area (Å²) in [6, 6.07) is 45.5. The third-order valence-corrected chi connectivity index (χ3v) is 47.0. The smallest absolute Gasteiger partial charge is 0.147 e. The molecule has 4 aromatic rings. The maximum Gasteiger partial charge on any atom is -0.147 e. The summed E-state index contributed by atoms with van der Waals surface area (Å²) in [6.07, 6.45) is 5.13. The standard InChI is InChI=1S/2C13H13.2C6H5.2ClH.GeH2.Zr/c2*1-10-8-11(2)13(9-10)12-6-4-3-5-7-12;2*1-2-4-6-5-3-1;;;;/h2*3-7,9-10H,1-2H3;2*1-5H;2*1H;1H2;. The quantitative estimate of drug-likeness (QED) is 0.174. The minimum absolute atomic E-state index is 0. The maximum absolute atomic E-state index is 4.40. The Hall–Kier alpha value is -2.15. The Morgan fingerprint density at radius 1 is 0.476 bits per heavy atom. The molecule has 0 heterocycles. The fourth-order valence-electron chi connectivity index (χ4n) is 8.13. The van der Waals surface area contributed by atoms with Crippen LogP contribution in [0.2, 0.25) is 0 Å². The number of halogens is 2. The fourth-order valence-corrected chi connectivity index (χ4v) is 47.8. The number of allylic oxidation sites excluding steroid dienone is 8. The van der Waals surface area contributed by atoms with Crippen molar-refractivity contribution >= 4 is 54.6 Å². The van der Waals surface area contributed by atoms with Crippen LogP contribution in [0.15, 0.2) is 151 Å². The molecule has 0 saturated carbocycles. The van der Waals surface area contributed by atoms with Crippen molar-refractivity contribution in [3.8, 4) is 0 Å². The molecule has 0 amide bonds. The van der Waals surface area contributed by atoms with Crippen LogP contribution in [0.25, 0.3) is 11.1 Å². The van der Waals surface area contributed by atoms with E-state index >= 15 is 0 Å². The van der Waals surface area contributed by atoms with Gasteiger partial charge in [-0.05, 0) is 0 Å². The minimum Gasteiger partial charge on any atom is -0.147 e. The van der Waals surface area contributed by atoms with Gasteiger partial charge >= 0.3 is 247 Å². The SMILES string of the molecule is CC1=[C]([Zr](=[GeH2])([C]2=C(C)C(c3ccccc3)=CC2C)([c]2ccccc2)[c]2ccccc2)C(C)C=C1c1ccccc1.Cl.Cl. The largest absolute Gasteiger partial charge is 0.147 e. The van der Waals surface area contributed by atoms with Crippen LogP contribution in [0.3, 0.4) is 0 Å². The molecule has 0 radical (unpaired) electrons. The van der Waals surface area contributed by atoms with Gasteiger partial charge in [-0.2, -0.15) is 0 Å². The summed E-state index contributed by atoms with van der Waals surface area (Å²) in [6.45, 7) is 9.77. The average molecular weight is 731 g/mol. The fraction of sp³-hybridized carbons (Fsp3) is 0.158. The summed E-state index contributed by atoms with van der Waals surface area (Å²) in [5.74, 6) is 0.756. The van der Waals surface area contributed by atoms with Crippen molar-refractivity contribution in [3.05, 3.63) is 162 Å². The molecule has 0 fully saturated rings. The molecule has 2 atom stereocenters. The normalized spacial score (nSPS) is 18.7. The molecule has 0 saturated heterocycles. The van der Waals surface area contributed by atoms with Crippen LogP contribution in [0.1, 0.15) is 38.8 Å². The Morgan fingerprint density at radius 3 is 1.07 bits per heavy atom. The van der Waals surface area contributed by atoms with Gasteiger partial charge in [0.05, 0.1) is 0 Å². The van der Waals surface area contributed by atoms with E-state index in [9.17, 15) is 0 Å². The van der Waals surface area contributed by atoms with Crippen LogP contribution < -0.4 is 6.54 Å². The van der Waals surface area contributed by atoms with Crippen LogP contribution in [0.5, 0.6) is 0 Å². The first-order valence-electron chi connectivity index (χ1n) is 14.5. The molecule has 2 aliphatic carbocycles. The number of hydrogen-bond acceptors (Lipinski definition) is 0. The van der Waals surface area contributed by atoms with Crippen LogP contribution in [-0.2, 0) is 15.7 Å². The first-order chi connectivity index (χ1) is 19.4. The molecular weight excluding hydrogens is 691 g/mol. The Balaban J connectivity index is 0.00000202. The van der Waals surface area contributed by atoms with Gasteiger partial charge in [0.25, 0.3) is 0 Å². The van der Waals surface area contributed by atoms with Crippen molar-refractivity contribution in [1.29, 1.82) is 0 Å². The van der Waals surface area contributed by atoms with E-state index in [-0.39, 0.29) is 24.8 Å². The molecule has 4 heteroatoms. The van der Waals surface area contributed by atoms with Gasteiger partial charge in [-0.15, -0.1) is 24.8 Å². The van der Waals surface area contributed by atoms with E-state index in [1.54, 1.807) is 13.1 Å². The van der Waals surface area contributed by atoms with E-state index in [0.29, 0.717) is 11.8 Å². The zero-order valence-corrected chi connectivity index (χ0v) is 31.9. The summed E-state index contributed by atoms with van der Waals surface area (Å²) in [5.41, 5.74) is 8.51. The van der Waals surface area contributed by atoms with E-state index in [1.807, 2.05) is 0 Å². The second-order valence-corrected chi connectivity index (χ2v) is 41.9. The predicted octanol–water partition coefficient (Wildman–Crippen LogP) is 8.73. The van der Waals surface area contributed by atoms with Gasteiger partial charge < -0.3 is 0 Å². The Bertz CT molecular complexity index is 1630. The molecule has 6 rings (SSSR count). The van der Waals surface area contributed by atoms with Gasteiger partial charge in [0.1, 0.15) is 0 Å². The molecule has 2 unspecified atom stereocenters. The third-order valence-electron chi connectivity index (χ3n) is 9.54. The summed E-state index contributed by atoms with van der Waals surface area (Å²) in [7, 11) is 0. The van der Waals surface area contributed by atoms with Crippen LogP contribution >= 0.6 is 24.8 Å². The molecule has 0 spiro atoms. The summed E-state index contributed by atoms with van der Waals surface area (Å²) >= 11 is -3.14. The van der Waals surface area contributed by atoms with Gasteiger partial charge in [0, 0.05) is 0 Å². The molecule has 0 aliphatic heterocycles. The molecule has 2 aliphatic rings. The van der Waals surface area contributed by atoms with E-state index < -0.39 is 15.7 Å². The molecule has 0 bridgehead atoms. The zero-order chi connectivity index (χ0) is 27.9. The summed E-state index contributed by atoms with van der Waals surface area (Å²) in [4.78, 5) is 0. The van der Waals surface area contributed by atoms with E-state index in [0.717, 1.165) is 0 Å². The van der Waals surface area contributed by atoms with Crippen molar-refractivity contribution in [3.63, 3.8) is 0 Å². The average Bonchev–Trinajstić information content (AvgIpc) is 3.49. The number of rotatable bonds is 6. The van der Waals surface area contributed by atoms with Crippen LogP contribution in [0, 0.1) is 11.8 Å². The second kappa shape index (κ2) is 12.8. The number of benzene rings is 4. The first kappa shape index (κ1) is 32.8. The Kier molecular flexibility index (Phi) is 10.0. The number of hydrogen-bond donors (Lipinski definition) is 0. The summed E-state index contributed by atoms with van der Waals surface area (Å²) in [5, 5.41) is 0. The minimum atomic E-state index is -4.40. The van der Waals surface area contributed by atoms with Crippen molar-refractivity contribution in [1.82, 2.24) is 0 Å². The van der Waals surface area contributed by atoms with Crippen LogP contribution in [0.4, 0.5) is 0 Å². The van der Waals surface area contributed by atoms with Gasteiger partial charge in [0.2, 0.25) is 0 Å². The van der Waals surface area contributed by atoms with Gasteiger partial charge in [-0.25, -0.2) is 0 Å². The van der Waals surface area contributed by atoms with E-state index in [2.05, 4.69) is 161 Å².